The van der Waals surface area contributed by atoms with Crippen molar-refractivity contribution >= 4 is 23.2 Å². The molecule has 19 heavy (non-hydrogen) atoms. The molecule has 0 aliphatic carbocycles. The monoisotopic (exact) mass is 300 g/mol. The maximum Gasteiger partial charge on any atom is 0.160 e. The molecule has 0 fully saturated rings. The fourth-order valence-electron chi connectivity index (χ4n) is 2.00. The fraction of sp³-hybridized carbons (Fsp3) is 0.200. The molecule has 0 nitrogen and oxygen atoms in total. The minimum atomic E-state index is -0.971. The van der Waals surface area contributed by atoms with Gasteiger partial charge in [-0.15, -0.1) is 11.6 Å². The van der Waals surface area contributed by atoms with Crippen molar-refractivity contribution < 1.29 is 8.78 Å². The largest absolute Gasteiger partial charge is 0.204 e. The number of hydrogen-bond donors (Lipinski definition) is 0. The van der Waals surface area contributed by atoms with Gasteiger partial charge >= 0.3 is 0 Å². The van der Waals surface area contributed by atoms with Gasteiger partial charge < -0.3 is 0 Å². The van der Waals surface area contributed by atoms with Gasteiger partial charge in [-0.2, -0.15) is 0 Å². The van der Waals surface area contributed by atoms with Crippen molar-refractivity contribution in [3.8, 4) is 0 Å². The van der Waals surface area contributed by atoms with Crippen molar-refractivity contribution in [3.63, 3.8) is 0 Å². The lowest BCUT2D eigenvalue weighted by Gasteiger charge is -2.16. The first-order valence-electron chi connectivity index (χ1n) is 5.91. The average molecular weight is 301 g/mol. The van der Waals surface area contributed by atoms with Crippen molar-refractivity contribution in [1.82, 2.24) is 0 Å². The van der Waals surface area contributed by atoms with Crippen molar-refractivity contribution in [1.29, 1.82) is 0 Å². The van der Waals surface area contributed by atoms with Crippen LogP contribution in [-0.4, -0.2) is 0 Å². The zero-order valence-corrected chi connectivity index (χ0v) is 11.8. The second-order valence-corrected chi connectivity index (χ2v) is 5.05. The second-order valence-electron chi connectivity index (χ2n) is 4.20. The molecule has 0 heterocycles. The molecule has 0 bridgehead atoms. The van der Waals surface area contributed by atoms with Gasteiger partial charge in [0.15, 0.2) is 11.6 Å². The molecule has 0 N–H and O–H groups in total. The van der Waals surface area contributed by atoms with Gasteiger partial charge in [-0.3, -0.25) is 0 Å². The van der Waals surface area contributed by atoms with Gasteiger partial charge in [-0.05, 0) is 35.2 Å². The minimum Gasteiger partial charge on any atom is -0.204 e. The quantitative estimate of drug-likeness (QED) is 0.518. The Balaban J connectivity index is 2.50. The van der Waals surface area contributed by atoms with Crippen LogP contribution < -0.4 is 0 Å². The lowest BCUT2D eigenvalue weighted by molar-refractivity contribution is 0.507. The predicted octanol–water partition coefficient (Wildman–Crippen LogP) is 5.51. The Hall–Kier alpha value is -1.12. The van der Waals surface area contributed by atoms with Crippen LogP contribution in [0.5, 0.6) is 0 Å². The molecule has 0 saturated carbocycles. The molecular weight excluding hydrogens is 289 g/mol. The molecule has 4 heteroatoms. The molecule has 0 saturated heterocycles. The van der Waals surface area contributed by atoms with Crippen LogP contribution in [0.25, 0.3) is 0 Å². The summed E-state index contributed by atoms with van der Waals surface area (Å²) in [6.07, 6.45) is 0.806. The van der Waals surface area contributed by atoms with Crippen molar-refractivity contribution in [2.75, 3.05) is 0 Å². The molecule has 1 atom stereocenters. The lowest BCUT2D eigenvalue weighted by Crippen LogP contribution is -2.00. The third-order valence-electron chi connectivity index (χ3n) is 3.02. The summed E-state index contributed by atoms with van der Waals surface area (Å²) >= 11 is 12.3. The highest BCUT2D eigenvalue weighted by molar-refractivity contribution is 6.33. The van der Waals surface area contributed by atoms with Gasteiger partial charge in [0.2, 0.25) is 0 Å². The highest BCUT2D eigenvalue weighted by Crippen LogP contribution is 2.36. The molecule has 0 spiro atoms. The molecule has 1 unspecified atom stereocenters. The number of hydrogen-bond acceptors (Lipinski definition) is 0. The van der Waals surface area contributed by atoms with Crippen LogP contribution in [0.15, 0.2) is 36.4 Å². The van der Waals surface area contributed by atoms with Crippen LogP contribution in [0, 0.1) is 11.6 Å². The van der Waals surface area contributed by atoms with E-state index in [9.17, 15) is 8.78 Å². The Kier molecular flexibility index (Phi) is 4.43. The number of aryl methyl sites for hydroxylation is 1. The van der Waals surface area contributed by atoms with Crippen molar-refractivity contribution in [2.45, 2.75) is 18.7 Å². The first-order valence-corrected chi connectivity index (χ1v) is 6.72. The van der Waals surface area contributed by atoms with Crippen LogP contribution >= 0.6 is 23.2 Å². The van der Waals surface area contributed by atoms with Gasteiger partial charge in [-0.25, -0.2) is 8.78 Å². The zero-order chi connectivity index (χ0) is 14.0. The smallest absolute Gasteiger partial charge is 0.160 e. The van der Waals surface area contributed by atoms with Crippen molar-refractivity contribution in [2.24, 2.45) is 0 Å². The van der Waals surface area contributed by atoms with E-state index in [2.05, 4.69) is 0 Å². The van der Waals surface area contributed by atoms with E-state index < -0.39 is 17.0 Å². The van der Waals surface area contributed by atoms with E-state index in [1.54, 1.807) is 0 Å². The van der Waals surface area contributed by atoms with Gasteiger partial charge in [0.25, 0.3) is 0 Å². The van der Waals surface area contributed by atoms with Crippen LogP contribution in [0.4, 0.5) is 8.78 Å². The van der Waals surface area contributed by atoms with Gasteiger partial charge in [0, 0.05) is 5.02 Å². The van der Waals surface area contributed by atoms with Crippen LogP contribution in [0.3, 0.4) is 0 Å². The van der Waals surface area contributed by atoms with E-state index in [0.29, 0.717) is 5.56 Å². The van der Waals surface area contributed by atoms with E-state index in [1.807, 2.05) is 31.2 Å². The molecule has 0 radical (unpaired) electrons. The summed E-state index contributed by atoms with van der Waals surface area (Å²) in [6.45, 7) is 2.01. The van der Waals surface area contributed by atoms with E-state index in [0.717, 1.165) is 29.7 Å². The Morgan fingerprint density at radius 3 is 2.37 bits per heavy atom. The molecule has 2 aromatic rings. The first kappa shape index (κ1) is 14.3. The lowest BCUT2D eigenvalue weighted by atomic mass is 9.97. The van der Waals surface area contributed by atoms with Crippen LogP contribution in [0.2, 0.25) is 5.02 Å². The third-order valence-corrected chi connectivity index (χ3v) is 3.82. The van der Waals surface area contributed by atoms with Gasteiger partial charge in [0.1, 0.15) is 0 Å². The summed E-state index contributed by atoms with van der Waals surface area (Å²) in [7, 11) is 0. The van der Waals surface area contributed by atoms with Crippen LogP contribution in [0.1, 0.15) is 29.0 Å². The Bertz CT molecular complexity index is 597. The topological polar surface area (TPSA) is 0 Å². The molecule has 0 aliphatic rings. The van der Waals surface area contributed by atoms with E-state index in [-0.39, 0.29) is 5.02 Å². The summed E-state index contributed by atoms with van der Waals surface area (Å²) in [5.41, 5.74) is 2.30. The first-order chi connectivity index (χ1) is 9.04. The molecule has 0 aromatic heterocycles. The summed E-state index contributed by atoms with van der Waals surface area (Å²) in [5.74, 6) is -1.92. The van der Waals surface area contributed by atoms with Crippen LogP contribution in [-0.2, 0) is 6.42 Å². The minimum absolute atomic E-state index is 0.129. The summed E-state index contributed by atoms with van der Waals surface area (Å²) in [5, 5.41) is -0.469. The number of benzene rings is 2. The summed E-state index contributed by atoms with van der Waals surface area (Å²) < 4.78 is 26.4. The molecule has 0 amide bonds. The van der Waals surface area contributed by atoms with E-state index in [1.165, 1.54) is 0 Å². The standard InChI is InChI=1S/C15H12Cl2F2/c1-2-9-5-3-4-6-10(9)15(17)11-7-13(18)14(19)8-12(11)16/h3-8,15H,2H2,1H3. The summed E-state index contributed by atoms with van der Waals surface area (Å²) in [4.78, 5) is 0. The number of rotatable bonds is 3. The Labute approximate surface area is 121 Å². The third kappa shape index (κ3) is 2.90. The fourth-order valence-corrected chi connectivity index (χ4v) is 2.71. The maximum absolute atomic E-state index is 13.3. The van der Waals surface area contributed by atoms with Gasteiger partial charge in [0.05, 0.1) is 5.38 Å². The average Bonchev–Trinajstić information content (AvgIpc) is 2.42. The normalized spacial score (nSPS) is 12.5. The Morgan fingerprint density at radius 2 is 1.68 bits per heavy atom. The highest BCUT2D eigenvalue weighted by Gasteiger charge is 2.19. The SMILES string of the molecule is CCc1ccccc1C(Cl)c1cc(F)c(F)cc1Cl. The van der Waals surface area contributed by atoms with E-state index >= 15 is 0 Å². The van der Waals surface area contributed by atoms with Crippen molar-refractivity contribution in [3.05, 3.63) is 69.7 Å². The molecule has 0 aliphatic heterocycles. The number of halogens is 4. The maximum atomic E-state index is 13.3. The molecule has 2 rings (SSSR count). The summed E-state index contributed by atoms with van der Waals surface area (Å²) in [6, 6.07) is 9.61. The zero-order valence-electron chi connectivity index (χ0n) is 10.3. The molecular formula is C15H12Cl2F2. The second kappa shape index (κ2) is 5.89. The Morgan fingerprint density at radius 1 is 1.05 bits per heavy atom. The molecule has 100 valence electrons. The molecule has 2 aromatic carbocycles. The highest BCUT2D eigenvalue weighted by atomic mass is 35.5. The predicted molar refractivity (Wildman–Crippen MR) is 74.9 cm³/mol. The number of alkyl halides is 1. The van der Waals surface area contributed by atoms with Gasteiger partial charge in [-0.1, -0.05) is 42.8 Å². The van der Waals surface area contributed by atoms with E-state index in [4.69, 9.17) is 23.2 Å².